The highest BCUT2D eigenvalue weighted by molar-refractivity contribution is 5.95. The molecule has 0 N–H and O–H groups in total. The topological polar surface area (TPSA) is 65.7 Å². The number of carbonyl (C=O) groups is 1. The van der Waals surface area contributed by atoms with E-state index in [0.717, 1.165) is 5.69 Å². The number of anilines is 1. The second kappa shape index (κ2) is 6.34. The minimum atomic E-state index is -0.653. The van der Waals surface area contributed by atoms with E-state index >= 15 is 0 Å². The third-order valence-electron chi connectivity index (χ3n) is 2.62. The molecule has 1 heterocycles. The van der Waals surface area contributed by atoms with E-state index in [2.05, 4.69) is 4.99 Å². The predicted molar refractivity (Wildman–Crippen MR) is 75.8 cm³/mol. The Hall–Kier alpha value is -2.87. The molecule has 0 atom stereocenters. The summed E-state index contributed by atoms with van der Waals surface area (Å²) >= 11 is 0. The van der Waals surface area contributed by atoms with Crippen LogP contribution in [0.3, 0.4) is 0 Å². The second-order valence-corrected chi connectivity index (χ2v) is 3.90. The monoisotopic (exact) mass is 267 g/mol. The molecule has 0 saturated carbocycles. The smallest absolute Gasteiger partial charge is 0.351 e. The van der Waals surface area contributed by atoms with Crippen molar-refractivity contribution >= 4 is 18.0 Å². The van der Waals surface area contributed by atoms with Crippen LogP contribution in [0.4, 0.5) is 5.69 Å². The first kappa shape index (κ1) is 13.6. The number of aliphatic imine (C=N–C) groups is 1. The molecule has 5 heteroatoms. The van der Waals surface area contributed by atoms with E-state index in [1.165, 1.54) is 0 Å². The lowest BCUT2D eigenvalue weighted by Gasteiger charge is -2.18. The van der Waals surface area contributed by atoms with Gasteiger partial charge >= 0.3 is 5.97 Å². The normalized spacial score (nSPS) is 15.7. The van der Waals surface area contributed by atoms with E-state index < -0.39 is 5.97 Å². The van der Waals surface area contributed by atoms with Crippen LogP contribution in [0.25, 0.3) is 0 Å². The zero-order valence-electron chi connectivity index (χ0n) is 11.0. The van der Waals surface area contributed by atoms with Crippen molar-refractivity contribution in [1.82, 2.24) is 0 Å². The fraction of sp³-hybridized carbons (Fsp3) is 0.133. The van der Waals surface area contributed by atoms with Crippen LogP contribution in [0.5, 0.6) is 0 Å². The molecular formula is C15H13N3O2. The Morgan fingerprint density at radius 2 is 2.15 bits per heavy atom. The summed E-state index contributed by atoms with van der Waals surface area (Å²) < 4.78 is 4.82. The first-order valence-corrected chi connectivity index (χ1v) is 6.13. The van der Waals surface area contributed by atoms with Crippen molar-refractivity contribution in [3.05, 3.63) is 53.9 Å². The van der Waals surface area contributed by atoms with Gasteiger partial charge in [-0.1, -0.05) is 18.2 Å². The number of hydrogen-bond donors (Lipinski definition) is 0. The van der Waals surface area contributed by atoms with Crippen LogP contribution in [0.15, 0.2) is 58.9 Å². The van der Waals surface area contributed by atoms with E-state index in [1.807, 2.05) is 36.4 Å². The summed E-state index contributed by atoms with van der Waals surface area (Å²) in [7, 11) is 0. The van der Waals surface area contributed by atoms with Gasteiger partial charge in [0.2, 0.25) is 0 Å². The molecular weight excluding hydrogens is 254 g/mol. The van der Waals surface area contributed by atoms with Crippen molar-refractivity contribution in [1.29, 1.82) is 5.26 Å². The molecule has 1 aromatic rings. The molecule has 20 heavy (non-hydrogen) atoms. The summed E-state index contributed by atoms with van der Waals surface area (Å²) in [6.07, 6.45) is 4.91. The standard InChI is InChI=1S/C15H13N3O2/c1-2-20-15(19)13(10-16)14-8-9-18(11-17-14)12-6-4-3-5-7-12/h3-9,11H,2H2,1H3/b14-13-. The van der Waals surface area contributed by atoms with Crippen LogP contribution in [0.1, 0.15) is 6.92 Å². The maximum atomic E-state index is 11.6. The molecule has 1 aromatic carbocycles. The zero-order chi connectivity index (χ0) is 14.4. The van der Waals surface area contributed by atoms with Gasteiger partial charge in [0.15, 0.2) is 5.57 Å². The van der Waals surface area contributed by atoms with Gasteiger partial charge in [-0.15, -0.1) is 0 Å². The van der Waals surface area contributed by atoms with Crippen LogP contribution < -0.4 is 4.90 Å². The predicted octanol–water partition coefficient (Wildman–Crippen LogP) is 2.39. The highest BCUT2D eigenvalue weighted by Gasteiger charge is 2.16. The van der Waals surface area contributed by atoms with Crippen LogP contribution in [0, 0.1) is 11.3 Å². The van der Waals surface area contributed by atoms with E-state index in [0.29, 0.717) is 5.70 Å². The molecule has 0 aromatic heterocycles. The Morgan fingerprint density at radius 1 is 1.40 bits per heavy atom. The molecule has 0 spiro atoms. The summed E-state index contributed by atoms with van der Waals surface area (Å²) in [5.74, 6) is -0.653. The zero-order valence-corrected chi connectivity index (χ0v) is 11.0. The second-order valence-electron chi connectivity index (χ2n) is 3.90. The molecule has 0 aliphatic carbocycles. The fourth-order valence-electron chi connectivity index (χ4n) is 1.67. The molecule has 0 amide bonds. The van der Waals surface area contributed by atoms with Crippen LogP contribution in [0.2, 0.25) is 0 Å². The number of nitriles is 1. The van der Waals surface area contributed by atoms with Crippen molar-refractivity contribution in [2.75, 3.05) is 11.5 Å². The molecule has 1 aliphatic rings. The van der Waals surface area contributed by atoms with Gasteiger partial charge in [0.05, 0.1) is 18.6 Å². The van der Waals surface area contributed by atoms with Gasteiger partial charge in [-0.3, -0.25) is 0 Å². The van der Waals surface area contributed by atoms with Gasteiger partial charge in [0.1, 0.15) is 6.07 Å². The largest absolute Gasteiger partial charge is 0.462 e. The lowest BCUT2D eigenvalue weighted by atomic mass is 10.2. The average molecular weight is 267 g/mol. The number of hydrogen-bond acceptors (Lipinski definition) is 5. The number of nitrogens with zero attached hydrogens (tertiary/aromatic N) is 3. The highest BCUT2D eigenvalue weighted by atomic mass is 16.5. The van der Waals surface area contributed by atoms with E-state index in [9.17, 15) is 4.79 Å². The first-order valence-electron chi connectivity index (χ1n) is 6.13. The summed E-state index contributed by atoms with van der Waals surface area (Å²) in [5.41, 5.74) is 1.16. The number of benzene rings is 1. The van der Waals surface area contributed by atoms with Crippen LogP contribution >= 0.6 is 0 Å². The van der Waals surface area contributed by atoms with Crippen molar-refractivity contribution in [2.24, 2.45) is 4.99 Å². The van der Waals surface area contributed by atoms with Gasteiger partial charge < -0.3 is 9.64 Å². The molecule has 0 radical (unpaired) electrons. The Kier molecular flexibility index (Phi) is 4.30. The molecule has 5 nitrogen and oxygen atoms in total. The number of esters is 1. The fourth-order valence-corrected chi connectivity index (χ4v) is 1.67. The van der Waals surface area contributed by atoms with Crippen molar-refractivity contribution in [3.63, 3.8) is 0 Å². The Morgan fingerprint density at radius 3 is 2.70 bits per heavy atom. The number of rotatable bonds is 3. The summed E-state index contributed by atoms with van der Waals surface area (Å²) in [4.78, 5) is 17.5. The van der Waals surface area contributed by atoms with Crippen LogP contribution in [-0.4, -0.2) is 18.9 Å². The quantitative estimate of drug-likeness (QED) is 0.479. The molecule has 100 valence electrons. The number of para-hydroxylation sites is 1. The first-order chi connectivity index (χ1) is 9.76. The number of ether oxygens (including phenoxy) is 1. The van der Waals surface area contributed by atoms with Crippen molar-refractivity contribution in [2.45, 2.75) is 6.92 Å². The van der Waals surface area contributed by atoms with Gasteiger partial charge in [-0.2, -0.15) is 5.26 Å². The summed E-state index contributed by atoms with van der Waals surface area (Å²) in [6, 6.07) is 11.5. The Balaban J connectivity index is 2.22. The molecule has 2 rings (SSSR count). The number of allylic oxidation sites excluding steroid dienone is 1. The van der Waals surface area contributed by atoms with Gasteiger partial charge in [0.25, 0.3) is 0 Å². The Labute approximate surface area is 117 Å². The molecule has 1 aliphatic heterocycles. The van der Waals surface area contributed by atoms with Gasteiger partial charge in [-0.25, -0.2) is 9.79 Å². The average Bonchev–Trinajstić information content (AvgIpc) is 2.50. The molecule has 0 bridgehead atoms. The van der Waals surface area contributed by atoms with E-state index in [-0.39, 0.29) is 12.2 Å². The van der Waals surface area contributed by atoms with Crippen molar-refractivity contribution in [3.8, 4) is 6.07 Å². The van der Waals surface area contributed by atoms with Crippen LogP contribution in [-0.2, 0) is 9.53 Å². The molecule has 0 fully saturated rings. The van der Waals surface area contributed by atoms with E-state index in [1.54, 1.807) is 30.4 Å². The molecule has 0 saturated heterocycles. The lowest BCUT2D eigenvalue weighted by molar-refractivity contribution is -0.138. The minimum Gasteiger partial charge on any atom is -0.462 e. The maximum absolute atomic E-state index is 11.6. The summed E-state index contributed by atoms with van der Waals surface area (Å²) in [5, 5.41) is 9.03. The highest BCUT2D eigenvalue weighted by Crippen LogP contribution is 2.18. The summed E-state index contributed by atoms with van der Waals surface area (Å²) in [6.45, 7) is 1.91. The Bertz CT molecular complexity index is 608. The van der Waals surface area contributed by atoms with Crippen molar-refractivity contribution < 1.29 is 9.53 Å². The number of carbonyl (C=O) groups excluding carboxylic acids is 1. The third-order valence-corrected chi connectivity index (χ3v) is 2.62. The molecule has 0 unspecified atom stereocenters. The SMILES string of the molecule is CCOC(=O)/C(C#N)=C1/C=CN(c2ccccc2)C=N1. The lowest BCUT2D eigenvalue weighted by Crippen LogP contribution is -2.17. The van der Waals surface area contributed by atoms with Gasteiger partial charge in [0, 0.05) is 11.9 Å². The van der Waals surface area contributed by atoms with E-state index in [4.69, 9.17) is 10.00 Å². The van der Waals surface area contributed by atoms with Gasteiger partial charge in [-0.05, 0) is 25.1 Å². The maximum Gasteiger partial charge on any atom is 0.351 e. The third kappa shape index (κ3) is 2.93. The minimum absolute atomic E-state index is 0.0907.